The van der Waals surface area contributed by atoms with Crippen LogP contribution in [0.4, 0.5) is 34.1 Å². The van der Waals surface area contributed by atoms with Crippen LogP contribution in [0.25, 0.3) is 122 Å². The highest BCUT2D eigenvalue weighted by Gasteiger charge is 2.39. The second-order valence-electron chi connectivity index (χ2n) is 29.4. The van der Waals surface area contributed by atoms with Crippen molar-refractivity contribution in [3.8, 4) is 77.9 Å². The van der Waals surface area contributed by atoms with Crippen LogP contribution < -0.4 is 15.3 Å². The summed E-state index contributed by atoms with van der Waals surface area (Å²) in [5, 5.41) is 23.9. The molecule has 8 heteroatoms. The summed E-state index contributed by atoms with van der Waals surface area (Å²) in [4.78, 5) is 4.49. The molecule has 0 fully saturated rings. The van der Waals surface area contributed by atoms with E-state index >= 15 is 0 Å². The van der Waals surface area contributed by atoms with Gasteiger partial charge in [-0.2, -0.15) is 0 Å². The first-order valence-electron chi connectivity index (χ1n) is 37.4. The van der Waals surface area contributed by atoms with E-state index in [0.717, 1.165) is 87.7 Å². The van der Waals surface area contributed by atoms with Crippen molar-refractivity contribution in [2.24, 2.45) is 0 Å². The highest BCUT2D eigenvalue weighted by molar-refractivity contribution is 14.1. The largest absolute Gasteiger partial charge is 0.488 e. The van der Waals surface area contributed by atoms with Gasteiger partial charge in [0.05, 0.1) is 3.57 Å². The maximum atomic E-state index is 9.51. The lowest BCUT2D eigenvalue weighted by Crippen LogP contribution is -2.29. The normalized spacial score (nSPS) is 12.6. The van der Waals surface area contributed by atoms with Gasteiger partial charge in [0.1, 0.15) is 22.3 Å². The highest BCUT2D eigenvalue weighted by atomic mass is 127. The minimum Gasteiger partial charge on any atom is -0.455 e. The Morgan fingerprint density at radius 2 is 0.555 bits per heavy atom. The molecule has 0 saturated carbocycles. The fraction of sp³-hybridized carbons (Fsp3) is 0.0588. The minimum atomic E-state index is -1.49. The summed E-state index contributed by atoms with van der Waals surface area (Å²) in [5.74, 6) is 0. The number of hydrogen-bond acceptors (Lipinski definition) is 6. The molecule has 0 spiro atoms. The molecular formula is C102H76BIN2O4. The SMILES string of the molecule is CC1(C)c2ccccc2-c2c1ccc1oc3c(-c4ccc(N(c5ccc(-c6ccccc6)cc5)c5ccc(-c6ccccc6)cc5)cc4)cccc3c21.CC1(C)c2ccccc2-c2c1ccc1oc3c(I)cccc3c21.OB(O)c1ccc(N(c2ccc(-c3ccccc3)cc2)c2ccc(-c3ccccc3)cc2)cc1. The van der Waals surface area contributed by atoms with Gasteiger partial charge >= 0.3 is 7.12 Å². The molecule has 2 heterocycles. The molecule has 0 atom stereocenters. The quantitative estimate of drug-likeness (QED) is 0.0938. The van der Waals surface area contributed by atoms with Gasteiger partial charge in [-0.1, -0.05) is 313 Å². The van der Waals surface area contributed by atoms with Crippen molar-refractivity contribution in [1.29, 1.82) is 0 Å². The Kier molecular flexibility index (Phi) is 18.2. The van der Waals surface area contributed by atoms with Gasteiger partial charge in [-0.3, -0.25) is 0 Å². The molecule has 2 N–H and O–H groups in total. The lowest BCUT2D eigenvalue weighted by atomic mass is 9.80. The van der Waals surface area contributed by atoms with Gasteiger partial charge in [-0.25, -0.2) is 0 Å². The fourth-order valence-corrected chi connectivity index (χ4v) is 17.2. The molecule has 2 aromatic heterocycles. The number of nitrogens with zero attached hydrogens (tertiary/aromatic N) is 2. The van der Waals surface area contributed by atoms with Crippen LogP contribution in [-0.4, -0.2) is 17.2 Å². The van der Waals surface area contributed by atoms with Gasteiger partial charge in [-0.05, 0) is 214 Å². The predicted octanol–water partition coefficient (Wildman–Crippen LogP) is 27.0. The Labute approximate surface area is 655 Å². The summed E-state index contributed by atoms with van der Waals surface area (Å²) in [6.07, 6.45) is 0. The van der Waals surface area contributed by atoms with Crippen molar-refractivity contribution in [3.63, 3.8) is 0 Å². The number of fused-ring (bicyclic) bond motifs is 14. The van der Waals surface area contributed by atoms with E-state index in [1.807, 2.05) is 48.5 Å². The first kappa shape index (κ1) is 69.2. The van der Waals surface area contributed by atoms with E-state index in [1.54, 1.807) is 12.1 Å². The van der Waals surface area contributed by atoms with Crippen LogP contribution in [0.5, 0.6) is 0 Å². The minimum absolute atomic E-state index is 0.0334. The van der Waals surface area contributed by atoms with Crippen LogP contribution >= 0.6 is 22.6 Å². The summed E-state index contributed by atoms with van der Waals surface area (Å²) in [6, 6.07) is 132. The van der Waals surface area contributed by atoms with Gasteiger partial charge in [-0.15, -0.1) is 0 Å². The summed E-state index contributed by atoms with van der Waals surface area (Å²) >= 11 is 2.35. The van der Waals surface area contributed by atoms with Gasteiger partial charge in [0.15, 0.2) is 0 Å². The third kappa shape index (κ3) is 12.6. The van der Waals surface area contributed by atoms with E-state index in [4.69, 9.17) is 8.83 Å². The molecule has 16 aromatic carbocycles. The maximum absolute atomic E-state index is 9.51. The monoisotopic (exact) mass is 1530 g/mol. The summed E-state index contributed by atoms with van der Waals surface area (Å²) in [5.41, 5.74) is 33.0. The second-order valence-corrected chi connectivity index (χ2v) is 30.6. The topological polar surface area (TPSA) is 73.2 Å². The van der Waals surface area contributed by atoms with Crippen molar-refractivity contribution in [1.82, 2.24) is 0 Å². The molecule has 0 saturated heterocycles. The zero-order valence-electron chi connectivity index (χ0n) is 61.4. The molecule has 528 valence electrons. The predicted molar refractivity (Wildman–Crippen MR) is 468 cm³/mol. The zero-order valence-corrected chi connectivity index (χ0v) is 63.5. The molecule has 6 nitrogen and oxygen atoms in total. The number of furan rings is 2. The number of halogens is 1. The lowest BCUT2D eigenvalue weighted by Gasteiger charge is -2.26. The first-order chi connectivity index (χ1) is 53.8. The summed E-state index contributed by atoms with van der Waals surface area (Å²) in [7, 11) is -1.49. The molecule has 0 aliphatic heterocycles. The standard InChI is InChI=1S/C51H37NO.C30H24BNO2.C21H15IO/c1-51(2)45-19-10-9-16-43(45)48-46(51)32-33-47-49(48)44-18-11-17-42(50(44)53-47)38-24-30-41(31-25-38)52(39-26-20-36(21-27-39)34-12-5-3-6-13-34)40-28-22-37(23-29-40)35-14-7-4-8-15-35;33-31(34)27-15-21-30(22-16-27)32(28-17-11-25(12-18-28)23-7-3-1-4-8-23)29-19-13-26(14-20-29)24-9-5-2-6-10-24;1-21(2)14-8-4-3-6-12(14)18-15(21)10-11-17-19(18)13-7-5-9-16(22)20(13)23-17/h3-33H,1-2H3;1-22,33-34H;3-11H,1-2H3. The van der Waals surface area contributed by atoms with Crippen molar-refractivity contribution in [2.45, 2.75) is 38.5 Å². The van der Waals surface area contributed by atoms with E-state index in [-0.39, 0.29) is 10.8 Å². The van der Waals surface area contributed by atoms with E-state index < -0.39 is 7.12 Å². The Morgan fingerprint density at radius 3 is 0.918 bits per heavy atom. The molecule has 0 unspecified atom stereocenters. The smallest absolute Gasteiger partial charge is 0.455 e. The van der Waals surface area contributed by atoms with Gasteiger partial charge in [0.2, 0.25) is 0 Å². The van der Waals surface area contributed by atoms with Gasteiger partial charge in [0, 0.05) is 72.1 Å². The summed E-state index contributed by atoms with van der Waals surface area (Å²) < 4.78 is 14.1. The highest BCUT2D eigenvalue weighted by Crippen LogP contribution is 2.55. The van der Waals surface area contributed by atoms with Crippen LogP contribution in [0, 0.1) is 3.57 Å². The number of para-hydroxylation sites is 2. The molecule has 0 amide bonds. The van der Waals surface area contributed by atoms with Crippen molar-refractivity contribution in [2.75, 3.05) is 9.80 Å². The van der Waals surface area contributed by atoms with Crippen LogP contribution in [0.3, 0.4) is 0 Å². The number of benzene rings is 16. The molecular weight excluding hydrogens is 1450 g/mol. The van der Waals surface area contributed by atoms with Crippen LogP contribution in [-0.2, 0) is 10.8 Å². The average molecular weight is 1530 g/mol. The Balaban J connectivity index is 0.000000127. The molecule has 0 bridgehead atoms. The van der Waals surface area contributed by atoms with Crippen molar-refractivity contribution >= 4 is 113 Å². The van der Waals surface area contributed by atoms with Crippen molar-refractivity contribution < 1.29 is 18.9 Å². The fourth-order valence-electron chi connectivity index (χ4n) is 16.6. The van der Waals surface area contributed by atoms with E-state index in [0.29, 0.717) is 5.46 Å². The van der Waals surface area contributed by atoms with Crippen LogP contribution in [0.1, 0.15) is 49.9 Å². The Hall–Kier alpha value is -12.6. The lowest BCUT2D eigenvalue weighted by molar-refractivity contribution is 0.426. The average Bonchev–Trinajstić information content (AvgIpc) is 1.55. The van der Waals surface area contributed by atoms with E-state index in [1.165, 1.54) is 94.0 Å². The number of anilines is 6. The molecule has 18 aromatic rings. The summed E-state index contributed by atoms with van der Waals surface area (Å²) in [6.45, 7) is 9.29. The van der Waals surface area contributed by atoms with E-state index in [2.05, 4.69) is 376 Å². The first-order valence-corrected chi connectivity index (χ1v) is 38.5. The van der Waals surface area contributed by atoms with Gasteiger partial charge < -0.3 is 28.7 Å². The zero-order chi connectivity index (χ0) is 74.6. The van der Waals surface area contributed by atoms with Crippen molar-refractivity contribution in [3.05, 3.63) is 402 Å². The number of rotatable bonds is 12. The molecule has 2 aliphatic rings. The van der Waals surface area contributed by atoms with E-state index in [9.17, 15) is 10.0 Å². The molecule has 2 aliphatic carbocycles. The molecule has 0 radical (unpaired) electrons. The van der Waals surface area contributed by atoms with Crippen LogP contribution in [0.15, 0.2) is 385 Å². The Bertz CT molecular complexity index is 6220. The maximum Gasteiger partial charge on any atom is 0.488 e. The molecule has 110 heavy (non-hydrogen) atoms. The third-order valence-electron chi connectivity index (χ3n) is 22.2. The van der Waals surface area contributed by atoms with Crippen LogP contribution in [0.2, 0.25) is 0 Å². The number of hydrogen-bond donors (Lipinski definition) is 2. The molecule has 20 rings (SSSR count). The third-order valence-corrected chi connectivity index (χ3v) is 23.0. The second kappa shape index (κ2) is 28.9. The Morgan fingerprint density at radius 1 is 0.264 bits per heavy atom. The van der Waals surface area contributed by atoms with Gasteiger partial charge in [0.25, 0.3) is 0 Å².